The maximum absolute atomic E-state index is 10.8. The molecule has 0 fully saturated rings. The zero-order chi connectivity index (χ0) is 11.4. The molecule has 1 N–H and O–H groups in total. The number of ether oxygens (including phenoxy) is 1. The summed E-state index contributed by atoms with van der Waals surface area (Å²) in [6.45, 7) is 1.15. The Bertz CT molecular complexity index is 424. The average Bonchev–Trinajstić information content (AvgIpc) is 2.40. The number of carbonyl (C=O) groups excluding carboxylic acids is 1. The Kier molecular flexibility index (Phi) is 3.27. The van der Waals surface area contributed by atoms with Crippen LogP contribution in [0.5, 0.6) is 0 Å². The van der Waals surface area contributed by atoms with Crippen molar-refractivity contribution < 1.29 is 28.3 Å². The summed E-state index contributed by atoms with van der Waals surface area (Å²) in [6, 6.07) is 0. The van der Waals surface area contributed by atoms with Crippen LogP contribution in [0.4, 0.5) is 0 Å². The van der Waals surface area contributed by atoms with Crippen molar-refractivity contribution in [2.45, 2.75) is 20.0 Å². The van der Waals surface area contributed by atoms with Crippen LogP contribution in [0.25, 0.3) is 0 Å². The van der Waals surface area contributed by atoms with Crippen molar-refractivity contribution in [3.63, 3.8) is 0 Å². The van der Waals surface area contributed by atoms with Gasteiger partial charge in [0.1, 0.15) is 6.42 Å². The Balaban J connectivity index is 2.50. The standard InChI is InChI=1S/C8H8O7/c1-4-5(15-8(12)14-4)3-13-7(11)2-6(9)10/h2-3H2,1H3,(H,9,10). The minimum Gasteiger partial charge on any atom is -0.481 e. The molecule has 0 bridgehead atoms. The predicted molar refractivity (Wildman–Crippen MR) is 44.0 cm³/mol. The van der Waals surface area contributed by atoms with Gasteiger partial charge < -0.3 is 18.7 Å². The molecule has 0 aliphatic carbocycles. The number of aryl methyl sites for hydroxylation is 1. The van der Waals surface area contributed by atoms with Gasteiger partial charge in [-0.25, -0.2) is 4.79 Å². The number of hydrogen-bond donors (Lipinski definition) is 1. The van der Waals surface area contributed by atoms with Gasteiger partial charge in [-0.1, -0.05) is 0 Å². The molecule has 7 nitrogen and oxygen atoms in total. The first-order valence-electron chi connectivity index (χ1n) is 3.96. The van der Waals surface area contributed by atoms with Crippen LogP contribution in [-0.2, 0) is 20.9 Å². The van der Waals surface area contributed by atoms with Gasteiger partial charge in [0.05, 0.1) is 0 Å². The van der Waals surface area contributed by atoms with Gasteiger partial charge in [0.2, 0.25) is 0 Å². The Morgan fingerprint density at radius 2 is 2.07 bits per heavy atom. The van der Waals surface area contributed by atoms with Crippen LogP contribution in [-0.4, -0.2) is 17.0 Å². The van der Waals surface area contributed by atoms with E-state index in [2.05, 4.69) is 13.6 Å². The van der Waals surface area contributed by atoms with Gasteiger partial charge in [-0.3, -0.25) is 9.59 Å². The lowest BCUT2D eigenvalue weighted by Gasteiger charge is -1.99. The van der Waals surface area contributed by atoms with E-state index in [1.807, 2.05) is 0 Å². The highest BCUT2D eigenvalue weighted by Gasteiger charge is 2.13. The maximum atomic E-state index is 10.8. The fraction of sp³-hybridized carbons (Fsp3) is 0.375. The Morgan fingerprint density at radius 1 is 1.40 bits per heavy atom. The van der Waals surface area contributed by atoms with Gasteiger partial charge in [-0.2, -0.15) is 0 Å². The first-order valence-corrected chi connectivity index (χ1v) is 3.96. The summed E-state index contributed by atoms with van der Waals surface area (Å²) < 4.78 is 13.5. The molecule has 0 unspecified atom stereocenters. The third-order valence-electron chi connectivity index (χ3n) is 1.50. The number of carboxylic acid groups (broad SMARTS) is 1. The summed E-state index contributed by atoms with van der Waals surface area (Å²) in [5, 5.41) is 8.25. The largest absolute Gasteiger partial charge is 0.519 e. The lowest BCUT2D eigenvalue weighted by atomic mass is 10.4. The number of aliphatic carboxylic acids is 1. The molecule has 0 spiro atoms. The van der Waals surface area contributed by atoms with E-state index in [-0.39, 0.29) is 18.1 Å². The average molecular weight is 216 g/mol. The Labute approximate surface area is 83.2 Å². The van der Waals surface area contributed by atoms with Crippen molar-refractivity contribution in [2.75, 3.05) is 0 Å². The number of carbonyl (C=O) groups is 2. The van der Waals surface area contributed by atoms with Gasteiger partial charge in [0.25, 0.3) is 0 Å². The van der Waals surface area contributed by atoms with E-state index in [1.54, 1.807) is 0 Å². The van der Waals surface area contributed by atoms with Crippen LogP contribution in [0.1, 0.15) is 17.9 Å². The second-order valence-electron chi connectivity index (χ2n) is 2.66. The van der Waals surface area contributed by atoms with Crippen molar-refractivity contribution in [3.8, 4) is 0 Å². The normalized spacial score (nSPS) is 9.93. The molecule has 1 aromatic rings. The molecule has 0 amide bonds. The van der Waals surface area contributed by atoms with E-state index in [9.17, 15) is 14.4 Å². The lowest BCUT2D eigenvalue weighted by Crippen LogP contribution is -2.10. The first-order chi connectivity index (χ1) is 6.99. The molecule has 0 radical (unpaired) electrons. The van der Waals surface area contributed by atoms with E-state index in [4.69, 9.17) is 5.11 Å². The van der Waals surface area contributed by atoms with Crippen molar-refractivity contribution in [2.24, 2.45) is 0 Å². The number of esters is 1. The van der Waals surface area contributed by atoms with Crippen LogP contribution in [0, 0.1) is 6.92 Å². The number of carboxylic acids is 1. The van der Waals surface area contributed by atoms with E-state index < -0.39 is 24.2 Å². The van der Waals surface area contributed by atoms with Gasteiger partial charge >= 0.3 is 17.8 Å². The predicted octanol–water partition coefficient (Wildman–Crippen LogP) is 0.0591. The first kappa shape index (κ1) is 11.0. The van der Waals surface area contributed by atoms with Crippen LogP contribution in [0.15, 0.2) is 13.6 Å². The van der Waals surface area contributed by atoms with Crippen molar-refractivity contribution >= 4 is 11.9 Å². The Hall–Kier alpha value is -2.05. The van der Waals surface area contributed by atoms with Crippen molar-refractivity contribution in [1.29, 1.82) is 0 Å². The van der Waals surface area contributed by atoms with E-state index in [0.717, 1.165) is 0 Å². The molecule has 0 aliphatic rings. The Morgan fingerprint density at radius 3 is 2.53 bits per heavy atom. The third-order valence-corrected chi connectivity index (χ3v) is 1.50. The molecule has 1 aromatic heterocycles. The molecule has 0 saturated heterocycles. The molecule has 0 aliphatic heterocycles. The van der Waals surface area contributed by atoms with Crippen LogP contribution < -0.4 is 5.82 Å². The number of rotatable bonds is 4. The second kappa shape index (κ2) is 4.45. The molecule has 82 valence electrons. The summed E-state index contributed by atoms with van der Waals surface area (Å²) in [5.74, 6) is -2.82. The highest BCUT2D eigenvalue weighted by atomic mass is 16.6. The van der Waals surface area contributed by atoms with Gasteiger partial charge in [-0.15, -0.1) is 0 Å². The molecule has 0 aromatic carbocycles. The molecule has 1 heterocycles. The summed E-state index contributed by atoms with van der Waals surface area (Å²) in [6.07, 6.45) is -0.735. The van der Waals surface area contributed by atoms with Crippen LogP contribution in [0.2, 0.25) is 0 Å². The SMILES string of the molecule is Cc1oc(=O)oc1COC(=O)CC(=O)O. The monoisotopic (exact) mass is 216 g/mol. The maximum Gasteiger partial charge on any atom is 0.519 e. The summed E-state index contributed by atoms with van der Waals surface area (Å²) in [4.78, 5) is 31.5. The zero-order valence-corrected chi connectivity index (χ0v) is 7.81. The smallest absolute Gasteiger partial charge is 0.481 e. The van der Waals surface area contributed by atoms with Crippen LogP contribution >= 0.6 is 0 Å². The highest BCUT2D eigenvalue weighted by Crippen LogP contribution is 2.06. The van der Waals surface area contributed by atoms with Crippen molar-refractivity contribution in [3.05, 3.63) is 22.1 Å². The van der Waals surface area contributed by atoms with Gasteiger partial charge in [-0.05, 0) is 6.92 Å². The van der Waals surface area contributed by atoms with Gasteiger partial charge in [0, 0.05) is 0 Å². The second-order valence-corrected chi connectivity index (χ2v) is 2.66. The molecular weight excluding hydrogens is 208 g/mol. The van der Waals surface area contributed by atoms with E-state index in [0.29, 0.717) is 0 Å². The minimum absolute atomic E-state index is 0.0683. The molecule has 0 saturated carbocycles. The van der Waals surface area contributed by atoms with Crippen molar-refractivity contribution in [1.82, 2.24) is 0 Å². The summed E-state index contributed by atoms with van der Waals surface area (Å²) in [7, 11) is 0. The minimum atomic E-state index is -1.29. The van der Waals surface area contributed by atoms with Crippen LogP contribution in [0.3, 0.4) is 0 Å². The van der Waals surface area contributed by atoms with Gasteiger partial charge in [0.15, 0.2) is 18.1 Å². The lowest BCUT2D eigenvalue weighted by molar-refractivity contribution is -0.152. The van der Waals surface area contributed by atoms with E-state index in [1.165, 1.54) is 6.92 Å². The van der Waals surface area contributed by atoms with E-state index >= 15 is 0 Å². The number of hydrogen-bond acceptors (Lipinski definition) is 6. The molecule has 7 heteroatoms. The topological polar surface area (TPSA) is 107 Å². The fourth-order valence-corrected chi connectivity index (χ4v) is 0.827. The summed E-state index contributed by atoms with van der Waals surface area (Å²) in [5.41, 5.74) is 0. The molecule has 0 atom stereocenters. The zero-order valence-electron chi connectivity index (χ0n) is 7.81. The molecule has 15 heavy (non-hydrogen) atoms. The summed E-state index contributed by atoms with van der Waals surface area (Å²) >= 11 is 0. The fourth-order valence-electron chi connectivity index (χ4n) is 0.827. The molecular formula is C8H8O7. The third kappa shape index (κ3) is 3.29. The quantitative estimate of drug-likeness (QED) is 0.560. The highest BCUT2D eigenvalue weighted by molar-refractivity contribution is 5.90. The molecule has 1 rings (SSSR count).